The Morgan fingerprint density at radius 3 is 1.85 bits per heavy atom. The second kappa shape index (κ2) is 18.5. The lowest BCUT2D eigenvalue weighted by Gasteiger charge is -2.71. The number of hydrogen-bond acceptors (Lipinski definition) is 19. The number of aliphatic carboxylic acids is 1. The monoisotopic (exact) mass is 972 g/mol. The van der Waals surface area contributed by atoms with Crippen molar-refractivity contribution >= 4 is 11.9 Å². The minimum Gasteiger partial charge on any atom is -0.479 e. The summed E-state index contributed by atoms with van der Waals surface area (Å²) >= 11 is 0. The first-order valence-corrected chi connectivity index (χ1v) is 24.5. The number of carbonyl (C=O) groups excluding carboxylic acids is 1. The maximum atomic E-state index is 14.7. The maximum Gasteiger partial charge on any atom is 0.335 e. The van der Waals surface area contributed by atoms with E-state index < -0.39 is 134 Å². The van der Waals surface area contributed by atoms with Gasteiger partial charge < -0.3 is 89.7 Å². The fraction of sp³-hybridized carbons (Fsp3) is 0.917. The zero-order chi connectivity index (χ0) is 49.8. The van der Waals surface area contributed by atoms with Crippen LogP contribution in [0.1, 0.15) is 106 Å². The van der Waals surface area contributed by atoms with Crippen LogP contribution in [0, 0.1) is 50.2 Å². The van der Waals surface area contributed by atoms with Crippen LogP contribution in [-0.4, -0.2) is 191 Å². The average Bonchev–Trinajstić information content (AvgIpc) is 3.29. The molecule has 68 heavy (non-hydrogen) atoms. The van der Waals surface area contributed by atoms with Gasteiger partial charge >= 0.3 is 11.9 Å². The Morgan fingerprint density at radius 1 is 0.647 bits per heavy atom. The Hall–Kier alpha value is -1.96. The van der Waals surface area contributed by atoms with Crippen molar-refractivity contribution < 1.29 is 99.3 Å². The Balaban J connectivity index is 1.07. The number of fused-ring (bicyclic) bond motifs is 7. The summed E-state index contributed by atoms with van der Waals surface area (Å²) in [5.41, 5.74) is -1.87. The molecule has 0 spiro atoms. The van der Waals surface area contributed by atoms with Crippen molar-refractivity contribution in [2.24, 2.45) is 50.2 Å². The number of carbonyl (C=O) groups is 2. The van der Waals surface area contributed by atoms with Crippen LogP contribution >= 0.6 is 0 Å². The predicted molar refractivity (Wildman–Crippen MR) is 232 cm³/mol. The van der Waals surface area contributed by atoms with Gasteiger partial charge in [-0.2, -0.15) is 0 Å². The summed E-state index contributed by atoms with van der Waals surface area (Å²) in [5.74, 6) is -2.40. The zero-order valence-corrected chi connectivity index (χ0v) is 39.9. The van der Waals surface area contributed by atoms with E-state index in [0.717, 1.165) is 12.8 Å². The van der Waals surface area contributed by atoms with Crippen LogP contribution in [0.15, 0.2) is 11.6 Å². The molecule has 7 fully saturated rings. The van der Waals surface area contributed by atoms with Gasteiger partial charge in [0.1, 0.15) is 67.1 Å². The standard InChI is InChI=1S/C48H76O20/c1-43(2)13-15-48(42(62)68-40-35(59)31(55)29(53)24(19-50)64-40)16-14-46(5)21(22(48)17-43)7-8-26-44(3)11-10-27(45(4,20-51)25(44)9-12-47(26,46)6)65-41-37(33(57)32(56)36(66-41)38(60)61)67-39-34(58)30(54)28(52)23(18-49)63-39/h7,22-37,39-41,49-59H,8-20H2,1-6H3,(H,60,61)/t22-,23+,24+,25+,26+,27-,28-,29+,30-,31-,32-,33-,34+,35+,36-,37+,39-,40-,41+,44-,45-,46+,47+,48-/m0/s1. The van der Waals surface area contributed by atoms with Crippen LogP contribution in [0.2, 0.25) is 0 Å². The van der Waals surface area contributed by atoms with E-state index in [1.165, 1.54) is 5.57 Å². The molecule has 8 rings (SSSR count). The first-order valence-electron chi connectivity index (χ1n) is 24.5. The fourth-order valence-corrected chi connectivity index (χ4v) is 15.0. The van der Waals surface area contributed by atoms with E-state index in [9.17, 15) is 70.9 Å². The van der Waals surface area contributed by atoms with Crippen molar-refractivity contribution in [1.29, 1.82) is 0 Å². The van der Waals surface area contributed by atoms with Crippen molar-refractivity contribution in [3.05, 3.63) is 11.6 Å². The molecular formula is C48H76O20. The topological polar surface area (TPSA) is 332 Å². The van der Waals surface area contributed by atoms with Crippen molar-refractivity contribution in [2.75, 3.05) is 19.8 Å². The lowest BCUT2D eigenvalue weighted by molar-refractivity contribution is -0.375. The van der Waals surface area contributed by atoms with E-state index in [4.69, 9.17) is 28.4 Å². The molecule has 24 atom stereocenters. The number of carboxylic acids is 1. The Morgan fingerprint density at radius 2 is 1.25 bits per heavy atom. The van der Waals surface area contributed by atoms with E-state index in [1.807, 2.05) is 6.92 Å². The third-order valence-corrected chi connectivity index (χ3v) is 19.4. The van der Waals surface area contributed by atoms with Crippen LogP contribution < -0.4 is 0 Å². The van der Waals surface area contributed by atoms with Gasteiger partial charge in [-0.25, -0.2) is 4.79 Å². The molecule has 3 aliphatic heterocycles. The number of esters is 1. The van der Waals surface area contributed by atoms with E-state index in [2.05, 4.69) is 40.7 Å². The van der Waals surface area contributed by atoms with Gasteiger partial charge in [-0.05, 0) is 104 Å². The predicted octanol–water partition coefficient (Wildman–Crippen LogP) is -0.795. The molecule has 0 radical (unpaired) electrons. The highest BCUT2D eigenvalue weighted by Gasteiger charge is 2.71. The number of aliphatic hydroxyl groups excluding tert-OH is 11. The summed E-state index contributed by atoms with van der Waals surface area (Å²) in [4.78, 5) is 27.0. The van der Waals surface area contributed by atoms with Gasteiger partial charge in [0.25, 0.3) is 0 Å². The van der Waals surface area contributed by atoms with Crippen molar-refractivity contribution in [2.45, 2.75) is 204 Å². The largest absolute Gasteiger partial charge is 0.479 e. The number of ether oxygens (including phenoxy) is 6. The fourth-order valence-electron chi connectivity index (χ4n) is 15.0. The first-order chi connectivity index (χ1) is 31.8. The highest BCUT2D eigenvalue weighted by Crippen LogP contribution is 2.76. The van der Waals surface area contributed by atoms with Gasteiger partial charge in [0.05, 0.1) is 31.3 Å². The number of aliphatic hydroxyl groups is 11. The van der Waals surface area contributed by atoms with E-state index >= 15 is 0 Å². The maximum absolute atomic E-state index is 14.7. The molecule has 20 heteroatoms. The molecule has 0 aromatic rings. The molecule has 0 amide bonds. The molecule has 0 aromatic carbocycles. The number of allylic oxidation sites excluding steroid dienone is 2. The van der Waals surface area contributed by atoms with Crippen LogP contribution in [0.5, 0.6) is 0 Å². The van der Waals surface area contributed by atoms with Gasteiger partial charge in [-0.1, -0.05) is 53.2 Å². The number of rotatable bonds is 10. The molecule has 0 unspecified atom stereocenters. The summed E-state index contributed by atoms with van der Waals surface area (Å²) < 4.78 is 35.5. The molecule has 4 saturated carbocycles. The second-order valence-electron chi connectivity index (χ2n) is 23.3. The van der Waals surface area contributed by atoms with Crippen LogP contribution in [0.25, 0.3) is 0 Å². The molecule has 20 nitrogen and oxygen atoms in total. The van der Waals surface area contributed by atoms with Gasteiger partial charge in [-0.3, -0.25) is 4.79 Å². The summed E-state index contributed by atoms with van der Waals surface area (Å²) in [5, 5.41) is 127. The van der Waals surface area contributed by atoms with Gasteiger partial charge in [0.2, 0.25) is 6.29 Å². The first kappa shape index (κ1) is 52.4. The SMILES string of the molecule is CC1(C)CC[C@]2(C(=O)O[C@@H]3O[C@H](CO)[C@@H](O)[C@H](O)[C@H]3O)CC[C@]3(C)C(=CC[C@@H]4[C@@]5(C)CC[C@H](O[C@@H]6O[C@H](C(=O)O)[C@@H](O)[C@H](O)[C@H]6O[C@@H]6O[C@H](CO)[C@H](O)[C@H](O)[C@H]6O)[C@@](C)(CO)[C@@H]5CC[C@]43C)[C@@H]2C1. The summed E-state index contributed by atoms with van der Waals surface area (Å²) in [7, 11) is 0. The lowest BCUT2D eigenvalue weighted by atomic mass is 9.33. The minimum atomic E-state index is -2.03. The van der Waals surface area contributed by atoms with Crippen LogP contribution in [0.3, 0.4) is 0 Å². The molecule has 0 aromatic heterocycles. The molecule has 0 bridgehead atoms. The average molecular weight is 973 g/mol. The Bertz CT molecular complexity index is 1900. The van der Waals surface area contributed by atoms with Crippen molar-refractivity contribution in [3.63, 3.8) is 0 Å². The minimum absolute atomic E-state index is 0.0982. The third-order valence-electron chi connectivity index (χ3n) is 19.4. The quantitative estimate of drug-likeness (QED) is 0.0725. The second-order valence-corrected chi connectivity index (χ2v) is 23.3. The Labute approximate surface area is 396 Å². The highest BCUT2D eigenvalue weighted by atomic mass is 16.8. The van der Waals surface area contributed by atoms with Crippen LogP contribution in [-0.2, 0) is 38.0 Å². The van der Waals surface area contributed by atoms with E-state index in [1.54, 1.807) is 0 Å². The van der Waals surface area contributed by atoms with Gasteiger partial charge in [0.15, 0.2) is 18.7 Å². The lowest BCUT2D eigenvalue weighted by Crippen LogP contribution is -2.68. The van der Waals surface area contributed by atoms with Gasteiger partial charge in [-0.15, -0.1) is 0 Å². The molecular weight excluding hydrogens is 897 g/mol. The molecule has 3 saturated heterocycles. The van der Waals surface area contributed by atoms with Crippen LogP contribution in [0.4, 0.5) is 0 Å². The van der Waals surface area contributed by atoms with Crippen molar-refractivity contribution in [3.8, 4) is 0 Å². The molecule has 388 valence electrons. The summed E-state index contributed by atoms with van der Waals surface area (Å²) in [6.07, 6.45) is -18.1. The molecule has 12 N–H and O–H groups in total. The van der Waals surface area contributed by atoms with Crippen molar-refractivity contribution in [1.82, 2.24) is 0 Å². The number of hydrogen-bond donors (Lipinski definition) is 12. The molecule has 5 aliphatic carbocycles. The smallest absolute Gasteiger partial charge is 0.335 e. The zero-order valence-electron chi connectivity index (χ0n) is 39.9. The molecule has 8 aliphatic rings. The van der Waals surface area contributed by atoms with E-state index in [-0.39, 0.29) is 46.0 Å². The number of carboxylic acid groups (broad SMARTS) is 1. The van der Waals surface area contributed by atoms with E-state index in [0.29, 0.717) is 51.4 Å². The van der Waals surface area contributed by atoms with Gasteiger partial charge in [0, 0.05) is 5.41 Å². The third kappa shape index (κ3) is 8.03. The summed E-state index contributed by atoms with van der Waals surface area (Å²) in [6.45, 7) is 11.5. The Kier molecular flexibility index (Phi) is 14.3. The summed E-state index contributed by atoms with van der Waals surface area (Å²) in [6, 6.07) is 0. The highest BCUT2D eigenvalue weighted by molar-refractivity contribution is 5.79. The molecule has 3 heterocycles. The normalized spacial score (nSPS) is 53.4.